The Balaban J connectivity index is 1.44. The fraction of sp³-hybridized carbons (Fsp3) is 0.0968. The molecule has 1 aliphatic carbocycles. The Morgan fingerprint density at radius 1 is 0.882 bits per heavy atom. The van der Waals surface area contributed by atoms with E-state index in [-0.39, 0.29) is 6.71 Å². The Hall–Kier alpha value is -3.98. The van der Waals surface area contributed by atoms with Gasteiger partial charge >= 0.3 is 0 Å². The van der Waals surface area contributed by atoms with E-state index >= 15 is 0 Å². The smallest absolute Gasteiger partial charge is 0.251 e. The normalized spacial score (nSPS) is 17.7. The topological polar surface area (TPSA) is 14.2 Å². The monoisotopic (exact) mass is 435 g/mol. The molecule has 5 aromatic rings. The molecule has 8 rings (SSSR count). The van der Waals surface area contributed by atoms with Crippen LogP contribution in [0.3, 0.4) is 0 Å². The molecule has 3 heteroatoms. The third-order valence-corrected chi connectivity index (χ3v) is 7.89. The minimum Gasteiger partial charge on any atom is -0.459 e. The van der Waals surface area contributed by atoms with Crippen LogP contribution in [-0.4, -0.2) is 11.3 Å². The number of aryl methyl sites for hydroxylation is 1. The number of hydrogen-bond acceptors (Lipinski definition) is 1. The third kappa shape index (κ3) is 2.32. The van der Waals surface area contributed by atoms with Crippen molar-refractivity contribution in [2.75, 3.05) is 0 Å². The molecule has 2 aliphatic heterocycles. The number of allylic oxidation sites excluding steroid dienone is 3. The second-order valence-electron chi connectivity index (χ2n) is 9.79. The first-order valence-corrected chi connectivity index (χ1v) is 12.1. The van der Waals surface area contributed by atoms with Crippen LogP contribution in [0, 0.1) is 6.92 Å². The Morgan fingerprint density at radius 2 is 1.74 bits per heavy atom. The van der Waals surface area contributed by atoms with E-state index in [1.807, 2.05) is 0 Å². The highest BCUT2D eigenvalue weighted by molar-refractivity contribution is 6.94. The molecule has 160 valence electrons. The van der Waals surface area contributed by atoms with E-state index < -0.39 is 0 Å². The fourth-order valence-corrected chi connectivity index (χ4v) is 6.43. The minimum atomic E-state index is 0.213. The van der Waals surface area contributed by atoms with Crippen molar-refractivity contribution >= 4 is 39.4 Å². The largest absolute Gasteiger partial charge is 0.459 e. The van der Waals surface area contributed by atoms with Gasteiger partial charge in [-0.05, 0) is 65.6 Å². The lowest BCUT2D eigenvalue weighted by Gasteiger charge is -2.36. The summed E-state index contributed by atoms with van der Waals surface area (Å²) in [4.78, 5) is 0. The number of rotatable bonds is 1. The number of benzene rings is 4. The molecular weight excluding hydrogens is 413 g/mol. The quantitative estimate of drug-likeness (QED) is 0.297. The van der Waals surface area contributed by atoms with Crippen LogP contribution < -0.4 is 15.7 Å². The Morgan fingerprint density at radius 3 is 2.65 bits per heavy atom. The van der Waals surface area contributed by atoms with Gasteiger partial charge < -0.3 is 9.30 Å². The molecule has 0 fully saturated rings. The van der Waals surface area contributed by atoms with Crippen molar-refractivity contribution in [1.82, 2.24) is 4.57 Å². The highest BCUT2D eigenvalue weighted by Gasteiger charge is 2.42. The first-order valence-electron chi connectivity index (χ1n) is 12.1. The molecule has 0 amide bonds. The molecule has 4 aromatic carbocycles. The van der Waals surface area contributed by atoms with E-state index in [0.717, 1.165) is 17.9 Å². The predicted molar refractivity (Wildman–Crippen MR) is 141 cm³/mol. The van der Waals surface area contributed by atoms with Gasteiger partial charge in [0.25, 0.3) is 6.71 Å². The Bertz CT molecular complexity index is 1720. The highest BCUT2D eigenvalue weighted by atomic mass is 16.5. The SMILES string of the molecule is Cc1ccc2c(c1)B1C3=C(C=CC(c4ccccc4)C3)Oc3ccc4c5ccccc5n-2c4c31. The minimum absolute atomic E-state index is 0.213. The molecule has 3 heterocycles. The molecule has 1 atom stereocenters. The molecule has 1 aromatic heterocycles. The lowest BCUT2D eigenvalue weighted by molar-refractivity contribution is 0.434. The molecule has 0 saturated heterocycles. The molecule has 3 aliphatic rings. The molecule has 0 bridgehead atoms. The summed E-state index contributed by atoms with van der Waals surface area (Å²) >= 11 is 0. The van der Waals surface area contributed by atoms with Crippen LogP contribution in [0.5, 0.6) is 5.75 Å². The summed E-state index contributed by atoms with van der Waals surface area (Å²) < 4.78 is 9.08. The van der Waals surface area contributed by atoms with Gasteiger partial charge in [0.15, 0.2) is 0 Å². The van der Waals surface area contributed by atoms with Crippen molar-refractivity contribution in [1.29, 1.82) is 0 Å². The van der Waals surface area contributed by atoms with E-state index in [1.165, 1.54) is 55.0 Å². The van der Waals surface area contributed by atoms with Crippen LogP contribution in [0.1, 0.15) is 23.5 Å². The number of ether oxygens (including phenoxy) is 1. The Labute approximate surface area is 198 Å². The molecule has 0 radical (unpaired) electrons. The summed E-state index contributed by atoms with van der Waals surface area (Å²) in [6, 6.07) is 31.0. The van der Waals surface area contributed by atoms with Crippen LogP contribution >= 0.6 is 0 Å². The highest BCUT2D eigenvalue weighted by Crippen LogP contribution is 2.42. The van der Waals surface area contributed by atoms with Gasteiger partial charge in [-0.2, -0.15) is 0 Å². The van der Waals surface area contributed by atoms with Gasteiger partial charge in [-0.1, -0.05) is 72.3 Å². The summed E-state index contributed by atoms with van der Waals surface area (Å²) in [6.45, 7) is 2.41. The maximum absolute atomic E-state index is 6.61. The summed E-state index contributed by atoms with van der Waals surface area (Å²) in [6.07, 6.45) is 5.50. The van der Waals surface area contributed by atoms with E-state index in [2.05, 4.69) is 109 Å². The Kier molecular flexibility index (Phi) is 3.55. The van der Waals surface area contributed by atoms with Gasteiger partial charge in [0, 0.05) is 22.4 Å². The molecule has 1 unspecified atom stereocenters. The number of hydrogen-bond donors (Lipinski definition) is 0. The van der Waals surface area contributed by atoms with Crippen molar-refractivity contribution in [2.45, 2.75) is 19.3 Å². The number of nitrogens with zero attached hydrogens (tertiary/aromatic N) is 1. The zero-order valence-corrected chi connectivity index (χ0v) is 19.0. The van der Waals surface area contributed by atoms with E-state index in [9.17, 15) is 0 Å². The lowest BCUT2D eigenvalue weighted by atomic mass is 9.32. The number of fused-ring (bicyclic) bond motifs is 7. The van der Waals surface area contributed by atoms with Gasteiger partial charge in [-0.25, -0.2) is 0 Å². The van der Waals surface area contributed by atoms with Gasteiger partial charge in [0.05, 0.1) is 11.0 Å². The molecule has 0 saturated carbocycles. The summed E-state index contributed by atoms with van der Waals surface area (Å²) in [5, 5.41) is 2.61. The van der Waals surface area contributed by atoms with Crippen LogP contribution in [0.25, 0.3) is 27.5 Å². The summed E-state index contributed by atoms with van der Waals surface area (Å²) in [5.74, 6) is 2.39. The van der Waals surface area contributed by atoms with Gasteiger partial charge in [-0.3, -0.25) is 0 Å². The van der Waals surface area contributed by atoms with Gasteiger partial charge in [0.1, 0.15) is 11.5 Å². The van der Waals surface area contributed by atoms with Crippen molar-refractivity contribution in [2.24, 2.45) is 0 Å². The van der Waals surface area contributed by atoms with Crippen molar-refractivity contribution in [3.63, 3.8) is 0 Å². The van der Waals surface area contributed by atoms with E-state index in [0.29, 0.717) is 5.92 Å². The second-order valence-corrected chi connectivity index (χ2v) is 9.79. The molecule has 0 N–H and O–H groups in total. The zero-order valence-electron chi connectivity index (χ0n) is 19.0. The van der Waals surface area contributed by atoms with Crippen molar-refractivity contribution in [3.8, 4) is 11.4 Å². The first kappa shape index (κ1) is 18.5. The number of aromatic nitrogens is 1. The van der Waals surface area contributed by atoms with Crippen LogP contribution in [0.2, 0.25) is 0 Å². The predicted octanol–water partition coefficient (Wildman–Crippen LogP) is 5.94. The van der Waals surface area contributed by atoms with Crippen LogP contribution in [-0.2, 0) is 0 Å². The maximum Gasteiger partial charge on any atom is 0.251 e. The first-order chi connectivity index (χ1) is 16.8. The standard InChI is InChI=1S/C31H22BNO/c1-19-11-14-27-24(17-19)32-25-18-21(20-7-3-2-4-8-20)12-15-28(25)34-29-16-13-23-22-9-5-6-10-26(22)33(27)31(23)30(29)32/h2-17,21H,18H2,1H3. The van der Waals surface area contributed by atoms with Crippen molar-refractivity contribution < 1.29 is 4.74 Å². The van der Waals surface area contributed by atoms with E-state index in [1.54, 1.807) is 0 Å². The molecule has 0 spiro atoms. The zero-order chi connectivity index (χ0) is 22.4. The fourth-order valence-electron chi connectivity index (χ4n) is 6.43. The second kappa shape index (κ2) is 6.54. The van der Waals surface area contributed by atoms with Crippen molar-refractivity contribution in [3.05, 3.63) is 119 Å². The maximum atomic E-state index is 6.61. The molecular formula is C31H22BNO. The summed E-state index contributed by atoms with van der Waals surface area (Å²) in [7, 11) is 0. The lowest BCUT2D eigenvalue weighted by Crippen LogP contribution is -2.53. The molecule has 34 heavy (non-hydrogen) atoms. The van der Waals surface area contributed by atoms with Crippen LogP contribution in [0.15, 0.2) is 108 Å². The summed E-state index contributed by atoms with van der Waals surface area (Å²) in [5.41, 5.74) is 10.6. The average molecular weight is 435 g/mol. The third-order valence-electron chi connectivity index (χ3n) is 7.89. The van der Waals surface area contributed by atoms with Gasteiger partial charge in [0.2, 0.25) is 0 Å². The molecule has 2 nitrogen and oxygen atoms in total. The number of para-hydroxylation sites is 1. The average Bonchev–Trinajstić information content (AvgIpc) is 3.23. The van der Waals surface area contributed by atoms with Gasteiger partial charge in [-0.15, -0.1) is 0 Å². The van der Waals surface area contributed by atoms with Crippen LogP contribution in [0.4, 0.5) is 0 Å². The van der Waals surface area contributed by atoms with E-state index in [4.69, 9.17) is 4.74 Å².